The molecule has 12 heavy (non-hydrogen) atoms. The van der Waals surface area contributed by atoms with Gasteiger partial charge in [-0.25, -0.2) is 0 Å². The third-order valence-corrected chi connectivity index (χ3v) is 2.96. The van der Waals surface area contributed by atoms with Crippen LogP contribution in [0.5, 0.6) is 0 Å². The second kappa shape index (κ2) is 6.57. The summed E-state index contributed by atoms with van der Waals surface area (Å²) in [7, 11) is 2.59. The molecule has 1 aliphatic carbocycles. The summed E-state index contributed by atoms with van der Waals surface area (Å²) in [6, 6.07) is 0. The van der Waals surface area contributed by atoms with Crippen molar-refractivity contribution in [2.75, 3.05) is 0 Å². The van der Waals surface area contributed by atoms with Gasteiger partial charge in [-0.3, -0.25) is 0 Å². The van der Waals surface area contributed by atoms with Gasteiger partial charge in [0.25, 0.3) is 0 Å². The molecule has 1 rings (SSSR count). The molecule has 0 aromatic rings. The summed E-state index contributed by atoms with van der Waals surface area (Å²) in [6.45, 7) is 2.28. The summed E-state index contributed by atoms with van der Waals surface area (Å²) in [6.07, 6.45) is 13.0. The first-order valence-electron chi connectivity index (χ1n) is 5.77. The van der Waals surface area contributed by atoms with Crippen LogP contribution in [0, 0.1) is 0 Å². The minimum Gasteiger partial charge on any atom is -0.0800 e. The number of rotatable bonds is 6. The smallest absolute Gasteiger partial charge is 0.0800 e. The van der Waals surface area contributed by atoms with Crippen molar-refractivity contribution in [3.8, 4) is 0 Å². The van der Waals surface area contributed by atoms with Gasteiger partial charge < -0.3 is 0 Å². The minimum absolute atomic E-state index is 0.992. The molecule has 0 amide bonds. The van der Waals surface area contributed by atoms with Crippen molar-refractivity contribution in [2.45, 2.75) is 70.4 Å². The average Bonchev–Trinajstić information content (AvgIpc) is 2.57. The third kappa shape index (κ3) is 4.18. The van der Waals surface area contributed by atoms with Gasteiger partial charge in [0.2, 0.25) is 0 Å². The number of hydrogen-bond donors (Lipinski definition) is 0. The Labute approximate surface area is 78.4 Å². The maximum atomic E-state index is 2.59. The molecule has 0 nitrogen and oxygen atoms in total. The first-order valence-corrected chi connectivity index (χ1v) is 5.77. The van der Waals surface area contributed by atoms with E-state index in [1.807, 2.05) is 0 Å². The molecule has 0 aromatic heterocycles. The molecule has 1 radical (unpaired) electrons. The lowest BCUT2D eigenvalue weighted by molar-refractivity contribution is 0.696. The van der Waals surface area contributed by atoms with Gasteiger partial charge in [0, 0.05) is 0 Å². The maximum absolute atomic E-state index is 2.59. The topological polar surface area (TPSA) is 0 Å². The molecule has 69 valence electrons. The van der Waals surface area contributed by atoms with Crippen LogP contribution in [-0.2, 0) is 0 Å². The van der Waals surface area contributed by atoms with Crippen LogP contribution in [-0.4, -0.2) is 7.28 Å². The fourth-order valence-electron chi connectivity index (χ4n) is 2.12. The fourth-order valence-corrected chi connectivity index (χ4v) is 2.12. The van der Waals surface area contributed by atoms with Crippen molar-refractivity contribution in [2.24, 2.45) is 0 Å². The zero-order valence-corrected chi connectivity index (χ0v) is 8.52. The second-order valence-corrected chi connectivity index (χ2v) is 4.13. The molecule has 1 aliphatic rings. The average molecular weight is 165 g/mol. The predicted molar refractivity (Wildman–Crippen MR) is 56.9 cm³/mol. The molecule has 1 saturated carbocycles. The minimum atomic E-state index is 0.992. The number of unbranched alkanes of at least 4 members (excludes halogenated alkanes) is 3. The van der Waals surface area contributed by atoms with E-state index in [1.54, 1.807) is 0 Å². The molecule has 0 unspecified atom stereocenters. The standard InChI is InChI=1S/C11H22B/c1-2-3-4-7-10-12-11-8-5-6-9-11/h11H,2-10H2,1H3. The van der Waals surface area contributed by atoms with Crippen molar-refractivity contribution in [3.63, 3.8) is 0 Å². The number of hydrogen-bond acceptors (Lipinski definition) is 0. The van der Waals surface area contributed by atoms with Gasteiger partial charge in [0.1, 0.15) is 7.28 Å². The van der Waals surface area contributed by atoms with E-state index in [1.165, 1.54) is 57.7 Å². The normalized spacial score (nSPS) is 18.4. The highest BCUT2D eigenvalue weighted by Crippen LogP contribution is 2.30. The van der Waals surface area contributed by atoms with Crippen molar-refractivity contribution >= 4 is 7.28 Å². The van der Waals surface area contributed by atoms with Crippen LogP contribution in [0.4, 0.5) is 0 Å². The van der Waals surface area contributed by atoms with E-state index in [0.29, 0.717) is 0 Å². The molecular weight excluding hydrogens is 143 g/mol. The van der Waals surface area contributed by atoms with E-state index < -0.39 is 0 Å². The Kier molecular flexibility index (Phi) is 5.55. The van der Waals surface area contributed by atoms with Crippen LogP contribution in [0.25, 0.3) is 0 Å². The third-order valence-electron chi connectivity index (χ3n) is 2.96. The summed E-state index contributed by atoms with van der Waals surface area (Å²) in [5.74, 6) is 0.992. The van der Waals surface area contributed by atoms with Gasteiger partial charge in [-0.05, 0) is 0 Å². The zero-order valence-electron chi connectivity index (χ0n) is 8.52. The van der Waals surface area contributed by atoms with Crippen molar-refractivity contribution in [1.29, 1.82) is 0 Å². The fraction of sp³-hybridized carbons (Fsp3) is 1.00. The van der Waals surface area contributed by atoms with Gasteiger partial charge in [-0.1, -0.05) is 70.4 Å². The molecule has 0 N–H and O–H groups in total. The van der Waals surface area contributed by atoms with Crippen molar-refractivity contribution < 1.29 is 0 Å². The summed E-state index contributed by atoms with van der Waals surface area (Å²) >= 11 is 0. The molecule has 0 spiro atoms. The van der Waals surface area contributed by atoms with Crippen LogP contribution in [0.15, 0.2) is 0 Å². The summed E-state index contributed by atoms with van der Waals surface area (Å²) in [5, 5.41) is 0. The molecule has 0 aliphatic heterocycles. The van der Waals surface area contributed by atoms with Gasteiger partial charge in [0.15, 0.2) is 0 Å². The molecule has 0 heterocycles. The molecule has 0 bridgehead atoms. The van der Waals surface area contributed by atoms with Gasteiger partial charge >= 0.3 is 0 Å². The Balaban J connectivity index is 1.81. The monoisotopic (exact) mass is 165 g/mol. The van der Waals surface area contributed by atoms with Crippen LogP contribution in [0.2, 0.25) is 12.1 Å². The van der Waals surface area contributed by atoms with E-state index in [0.717, 1.165) is 5.82 Å². The molecule has 0 atom stereocenters. The van der Waals surface area contributed by atoms with Crippen LogP contribution in [0.1, 0.15) is 58.3 Å². The molecule has 0 aromatic carbocycles. The maximum Gasteiger partial charge on any atom is 0.113 e. The zero-order chi connectivity index (χ0) is 8.65. The highest BCUT2D eigenvalue weighted by Gasteiger charge is 2.14. The van der Waals surface area contributed by atoms with Crippen LogP contribution in [0.3, 0.4) is 0 Å². The lowest BCUT2D eigenvalue weighted by atomic mass is 9.60. The predicted octanol–water partition coefficient (Wildman–Crippen LogP) is 4.05. The Bertz CT molecular complexity index is 95.2. The van der Waals surface area contributed by atoms with Crippen molar-refractivity contribution in [3.05, 3.63) is 0 Å². The first kappa shape index (κ1) is 10.1. The highest BCUT2D eigenvalue weighted by atomic mass is 14.1. The van der Waals surface area contributed by atoms with Gasteiger partial charge in [-0.15, -0.1) is 0 Å². The van der Waals surface area contributed by atoms with E-state index in [4.69, 9.17) is 0 Å². The highest BCUT2D eigenvalue weighted by molar-refractivity contribution is 6.37. The van der Waals surface area contributed by atoms with E-state index >= 15 is 0 Å². The molecular formula is C11H22B. The summed E-state index contributed by atoms with van der Waals surface area (Å²) in [5.41, 5.74) is 0. The van der Waals surface area contributed by atoms with Gasteiger partial charge in [-0.2, -0.15) is 0 Å². The second-order valence-electron chi connectivity index (χ2n) is 4.13. The Hall–Kier alpha value is 0.0649. The van der Waals surface area contributed by atoms with Crippen LogP contribution < -0.4 is 0 Å². The van der Waals surface area contributed by atoms with Gasteiger partial charge in [0.05, 0.1) is 0 Å². The summed E-state index contributed by atoms with van der Waals surface area (Å²) < 4.78 is 0. The molecule has 1 fully saturated rings. The van der Waals surface area contributed by atoms with Crippen LogP contribution >= 0.6 is 0 Å². The Morgan fingerprint density at radius 2 is 1.83 bits per heavy atom. The van der Waals surface area contributed by atoms with E-state index in [-0.39, 0.29) is 0 Å². The van der Waals surface area contributed by atoms with Crippen molar-refractivity contribution in [1.82, 2.24) is 0 Å². The quantitative estimate of drug-likeness (QED) is 0.411. The Morgan fingerprint density at radius 1 is 1.08 bits per heavy atom. The van der Waals surface area contributed by atoms with E-state index in [2.05, 4.69) is 14.2 Å². The largest absolute Gasteiger partial charge is 0.113 e. The molecule has 0 saturated heterocycles. The Morgan fingerprint density at radius 3 is 2.50 bits per heavy atom. The lowest BCUT2D eigenvalue weighted by Crippen LogP contribution is -1.98. The SMILES string of the molecule is CCCCCC[B]C1CCCC1. The summed E-state index contributed by atoms with van der Waals surface area (Å²) in [4.78, 5) is 0. The van der Waals surface area contributed by atoms with E-state index in [9.17, 15) is 0 Å². The molecule has 1 heteroatoms. The first-order chi connectivity index (χ1) is 5.93. The lowest BCUT2D eigenvalue weighted by Gasteiger charge is -2.05.